The summed E-state index contributed by atoms with van der Waals surface area (Å²) in [6.45, 7) is -1.16. The number of esters is 1. The van der Waals surface area contributed by atoms with Gasteiger partial charge in [0, 0.05) is 0 Å². The van der Waals surface area contributed by atoms with Crippen molar-refractivity contribution in [3.63, 3.8) is 0 Å². The summed E-state index contributed by atoms with van der Waals surface area (Å²) in [7, 11) is 0. The first-order valence-electron chi connectivity index (χ1n) is 5.17. The molecule has 0 fully saturated rings. The molecule has 0 aliphatic heterocycles. The van der Waals surface area contributed by atoms with Crippen molar-refractivity contribution in [3.8, 4) is 5.75 Å². The minimum absolute atomic E-state index is 0.0313. The average molecular weight is 280 g/mol. The Hall–Kier alpha value is -1.56. The van der Waals surface area contributed by atoms with Crippen molar-refractivity contribution >= 4 is 23.3 Å². The maximum Gasteiger partial charge on any atom is 0.387 e. The van der Waals surface area contributed by atoms with Crippen LogP contribution in [0.3, 0.4) is 0 Å². The minimum atomic E-state index is -3.11. The van der Waals surface area contributed by atoms with Gasteiger partial charge in [0.25, 0.3) is 0 Å². The first kappa shape index (κ1) is 14.5. The Bertz CT molecular complexity index is 441. The van der Waals surface area contributed by atoms with Gasteiger partial charge < -0.3 is 15.2 Å². The molecule has 4 nitrogen and oxygen atoms in total. The summed E-state index contributed by atoms with van der Waals surface area (Å²) in [5.41, 5.74) is 5.24. The predicted octanol–water partition coefficient (Wildman–Crippen LogP) is 3.09. The summed E-state index contributed by atoms with van der Waals surface area (Å²) in [5, 5.41) is -0.132. The van der Waals surface area contributed by atoms with Crippen molar-refractivity contribution in [2.24, 2.45) is 0 Å². The van der Waals surface area contributed by atoms with E-state index in [1.54, 1.807) is 6.92 Å². The Morgan fingerprint density at radius 1 is 1.50 bits per heavy atom. The minimum Gasteiger partial charge on any atom is -0.462 e. The van der Waals surface area contributed by atoms with Crippen molar-refractivity contribution in [3.05, 3.63) is 22.7 Å². The van der Waals surface area contributed by atoms with E-state index in [2.05, 4.69) is 4.74 Å². The number of halogens is 3. The standard InChI is InChI=1S/C11H12ClF2NO3/c1-2-5-17-10(16)8-7(15)4-3-6(12)9(8)18-11(13)14/h3-4,11H,2,5,15H2,1H3. The molecular weight excluding hydrogens is 268 g/mol. The molecule has 0 heterocycles. The van der Waals surface area contributed by atoms with E-state index >= 15 is 0 Å². The second-order valence-corrected chi connectivity index (χ2v) is 3.76. The number of rotatable bonds is 5. The van der Waals surface area contributed by atoms with Crippen molar-refractivity contribution < 1.29 is 23.0 Å². The number of benzene rings is 1. The molecule has 0 aliphatic rings. The fraction of sp³-hybridized carbons (Fsp3) is 0.364. The Balaban J connectivity index is 3.14. The number of hydrogen-bond acceptors (Lipinski definition) is 4. The van der Waals surface area contributed by atoms with Gasteiger partial charge in [0.05, 0.1) is 17.3 Å². The molecule has 2 N–H and O–H groups in total. The van der Waals surface area contributed by atoms with Crippen molar-refractivity contribution in [1.82, 2.24) is 0 Å². The summed E-state index contributed by atoms with van der Waals surface area (Å²) >= 11 is 5.70. The number of ether oxygens (including phenoxy) is 2. The number of carbonyl (C=O) groups is 1. The van der Waals surface area contributed by atoms with E-state index in [1.807, 2.05) is 0 Å². The van der Waals surface area contributed by atoms with Gasteiger partial charge in [-0.05, 0) is 18.6 Å². The van der Waals surface area contributed by atoms with Crippen molar-refractivity contribution in [2.75, 3.05) is 12.3 Å². The molecular formula is C11H12ClF2NO3. The molecule has 1 rings (SSSR count). The van der Waals surface area contributed by atoms with Crippen LogP contribution < -0.4 is 10.5 Å². The highest BCUT2D eigenvalue weighted by Gasteiger charge is 2.23. The zero-order valence-electron chi connectivity index (χ0n) is 9.58. The summed E-state index contributed by atoms with van der Waals surface area (Å²) < 4.78 is 33.6. The summed E-state index contributed by atoms with van der Waals surface area (Å²) in [5.74, 6) is -1.31. The van der Waals surface area contributed by atoms with Crippen LogP contribution in [0, 0.1) is 0 Å². The number of nitrogens with two attached hydrogens (primary N) is 1. The zero-order valence-corrected chi connectivity index (χ0v) is 10.3. The average Bonchev–Trinajstić information content (AvgIpc) is 2.30. The molecule has 0 saturated heterocycles. The molecule has 7 heteroatoms. The second kappa shape index (κ2) is 6.39. The second-order valence-electron chi connectivity index (χ2n) is 3.36. The number of nitrogen functional groups attached to an aromatic ring is 1. The van der Waals surface area contributed by atoms with Gasteiger partial charge in [0.1, 0.15) is 5.56 Å². The number of anilines is 1. The van der Waals surface area contributed by atoms with Gasteiger partial charge in [-0.2, -0.15) is 8.78 Å². The van der Waals surface area contributed by atoms with Gasteiger partial charge in [0.15, 0.2) is 5.75 Å². The maximum absolute atomic E-state index is 12.3. The number of alkyl halides is 2. The monoisotopic (exact) mass is 279 g/mol. The fourth-order valence-electron chi connectivity index (χ4n) is 1.25. The highest BCUT2D eigenvalue weighted by molar-refractivity contribution is 6.33. The molecule has 0 bridgehead atoms. The molecule has 0 amide bonds. The van der Waals surface area contributed by atoms with Gasteiger partial charge in [0.2, 0.25) is 0 Å². The molecule has 1 aromatic rings. The first-order valence-corrected chi connectivity index (χ1v) is 5.55. The SMILES string of the molecule is CCCOC(=O)c1c(N)ccc(Cl)c1OC(F)F. The van der Waals surface area contributed by atoms with Gasteiger partial charge in [-0.25, -0.2) is 4.79 Å². The van der Waals surface area contributed by atoms with E-state index in [0.717, 1.165) is 0 Å². The van der Waals surface area contributed by atoms with Gasteiger partial charge in [-0.3, -0.25) is 0 Å². The van der Waals surface area contributed by atoms with Crippen molar-refractivity contribution in [2.45, 2.75) is 20.0 Å². The lowest BCUT2D eigenvalue weighted by Crippen LogP contribution is -2.13. The van der Waals surface area contributed by atoms with E-state index in [1.165, 1.54) is 12.1 Å². The van der Waals surface area contributed by atoms with Crippen LogP contribution >= 0.6 is 11.6 Å². The predicted molar refractivity (Wildman–Crippen MR) is 63.1 cm³/mol. The van der Waals surface area contributed by atoms with Crippen LogP contribution in [-0.4, -0.2) is 19.2 Å². The fourth-order valence-corrected chi connectivity index (χ4v) is 1.46. The Morgan fingerprint density at radius 3 is 2.72 bits per heavy atom. The van der Waals surface area contributed by atoms with Crippen LogP contribution in [0.5, 0.6) is 5.75 Å². The molecule has 18 heavy (non-hydrogen) atoms. The molecule has 0 saturated carbocycles. The summed E-state index contributed by atoms with van der Waals surface area (Å²) in [6.07, 6.45) is 0.594. The molecule has 0 aliphatic carbocycles. The third-order valence-electron chi connectivity index (χ3n) is 1.99. The molecule has 0 atom stereocenters. The lowest BCUT2D eigenvalue weighted by molar-refractivity contribution is -0.0503. The largest absolute Gasteiger partial charge is 0.462 e. The third-order valence-corrected chi connectivity index (χ3v) is 2.29. The summed E-state index contributed by atoms with van der Waals surface area (Å²) in [4.78, 5) is 11.7. The lowest BCUT2D eigenvalue weighted by Gasteiger charge is -2.13. The highest BCUT2D eigenvalue weighted by Crippen LogP contribution is 2.34. The van der Waals surface area contributed by atoms with Gasteiger partial charge in [-0.15, -0.1) is 0 Å². The van der Waals surface area contributed by atoms with E-state index in [-0.39, 0.29) is 22.9 Å². The summed E-state index contributed by atoms with van der Waals surface area (Å²) in [6, 6.07) is 2.59. The van der Waals surface area contributed by atoms with Crippen LogP contribution in [0.4, 0.5) is 14.5 Å². The molecule has 1 aromatic carbocycles. The molecule has 0 unspecified atom stereocenters. The van der Waals surface area contributed by atoms with Crippen LogP contribution in [0.25, 0.3) is 0 Å². The first-order chi connectivity index (χ1) is 8.47. The Labute approximate surface area is 108 Å². The molecule has 0 radical (unpaired) electrons. The third kappa shape index (κ3) is 3.46. The number of hydrogen-bond donors (Lipinski definition) is 1. The molecule has 0 spiro atoms. The van der Waals surface area contributed by atoms with E-state index in [9.17, 15) is 13.6 Å². The van der Waals surface area contributed by atoms with E-state index < -0.39 is 18.3 Å². The smallest absolute Gasteiger partial charge is 0.387 e. The maximum atomic E-state index is 12.3. The Kier molecular flexibility index (Phi) is 5.15. The van der Waals surface area contributed by atoms with Gasteiger partial charge >= 0.3 is 12.6 Å². The lowest BCUT2D eigenvalue weighted by atomic mass is 10.1. The van der Waals surface area contributed by atoms with Crippen LogP contribution in [0.15, 0.2) is 12.1 Å². The van der Waals surface area contributed by atoms with Gasteiger partial charge in [-0.1, -0.05) is 18.5 Å². The van der Waals surface area contributed by atoms with E-state index in [4.69, 9.17) is 22.1 Å². The van der Waals surface area contributed by atoms with Crippen LogP contribution in [-0.2, 0) is 4.74 Å². The molecule has 0 aromatic heterocycles. The zero-order chi connectivity index (χ0) is 13.7. The number of carbonyl (C=O) groups excluding carboxylic acids is 1. The molecule has 100 valence electrons. The Morgan fingerprint density at radius 2 is 2.17 bits per heavy atom. The topological polar surface area (TPSA) is 61.5 Å². The normalized spacial score (nSPS) is 10.5. The van der Waals surface area contributed by atoms with Crippen LogP contribution in [0.1, 0.15) is 23.7 Å². The van der Waals surface area contributed by atoms with Crippen LogP contribution in [0.2, 0.25) is 5.02 Å². The highest BCUT2D eigenvalue weighted by atomic mass is 35.5. The quantitative estimate of drug-likeness (QED) is 0.664. The van der Waals surface area contributed by atoms with Crippen molar-refractivity contribution in [1.29, 1.82) is 0 Å². The van der Waals surface area contributed by atoms with E-state index in [0.29, 0.717) is 6.42 Å².